The van der Waals surface area contributed by atoms with E-state index in [9.17, 15) is 51.6 Å². The molecule has 10 N–H and O–H groups in total. The van der Waals surface area contributed by atoms with E-state index < -0.39 is 33.9 Å². The molecule has 19 nitrogen and oxygen atoms in total. The SMILES string of the molecule is CC(C)(C)C.CC(C)(C)C1C(C)(C)CC(/[N+](O)=C/c2ccccc2)CC1(C)C.CC(C)(C)CC1(C)C(C#N)CC(C)(C)N1O.CC(C)(C)CC1(C)C(N)CC(C)(C)N1O.CC(C)(C)CC1(C)C(O)CC(C)(C)N1O.CC(C)(C)OC(=O)C1CC(C)(C)N(O)C1(C)C.CC(C)(C)c1cc(N(O)C(C)(C)C)cc(C(C)(C)C)c1.CC1(C)CC(/[N+](O)=C/c2ccccc2)CC(C)(C)C1. The van der Waals surface area contributed by atoms with Crippen molar-refractivity contribution in [1.29, 1.82) is 5.26 Å². The van der Waals surface area contributed by atoms with Gasteiger partial charge in [0.25, 0.3) is 0 Å². The third-order valence-corrected chi connectivity index (χ3v) is 26.7. The molecule has 7 atom stereocenters. The fourth-order valence-electron chi connectivity index (χ4n) is 23.1. The van der Waals surface area contributed by atoms with Gasteiger partial charge >= 0.3 is 5.97 Å². The average molecular weight is 1820 g/mol. The molecule has 4 heterocycles. The molecule has 19 heteroatoms. The second-order valence-corrected chi connectivity index (χ2v) is 57.1. The van der Waals surface area contributed by atoms with Gasteiger partial charge in [-0.15, -0.1) is 0 Å². The van der Waals surface area contributed by atoms with Crippen LogP contribution in [0.4, 0.5) is 5.69 Å². The number of hydroxylamine groups is 11. The minimum absolute atomic E-state index is 0.0386. The summed E-state index contributed by atoms with van der Waals surface area (Å²) in [4.78, 5) is 12.1. The normalized spacial score (nSPS) is 27.4. The molecule has 7 unspecified atom stereocenters. The van der Waals surface area contributed by atoms with Crippen molar-refractivity contribution in [3.8, 4) is 6.07 Å². The molecule has 0 radical (unpaired) electrons. The molecular weight excluding hydrogens is 1620 g/mol. The van der Waals surface area contributed by atoms with E-state index in [1.807, 2.05) is 198 Å². The standard InChI is InChI=1S/C21H34NO.C18H31NO.C17H26NO.C13H24N2O.C13H25NO3.C12H26N2O.C12H25NO2.C5H12/c1-19(2,3)18-20(4,5)13-17(14-21(18,6)7)22(23)15-16-11-9-8-10-12-16;1-16(2,3)13-10-14(17(4,5)6)12-15(11-13)19(20)18(7,8)9;1-16(2)10-15(11-17(3,4)13-16)18(19)12-14-8-6-5-7-9-14;1-11(2,3)9-13(6)10(8-14)7-12(4,5)15(13)16;1-11(2,3)17-10(15)9-8-12(4,5)14(16)13(9,6)7;1-10(2,3)8-12(6)9(13)7-11(4,5)14(12)15;1-10(2,3)8-12(6)9(14)7-11(4,5)13(12)15;1-5(2,3)4/h8-12,15,17-18,23H,13-14H2,1-7H3;10-12,20H,1-9H3;5-9,12,15,19H,10-11,13H2,1-4H3;10,16H,7,9H2,1-6H3;9,16H,8H2,1-7H3;9,15H,7-8,13H2,1-6H3;9,14-15H,7-8H2,1-6H3;1-4H3/q+1;;+1;;;;;/b22-15-;;18-12-;;;;;. The molecule has 750 valence electrons. The van der Waals surface area contributed by atoms with E-state index in [1.165, 1.54) is 52.3 Å². The smallest absolute Gasteiger partial charge is 0.311 e. The lowest BCUT2D eigenvalue weighted by molar-refractivity contribution is -0.800. The van der Waals surface area contributed by atoms with E-state index in [2.05, 4.69) is 239 Å². The van der Waals surface area contributed by atoms with Crippen LogP contribution in [0, 0.1) is 77.8 Å². The monoisotopic (exact) mass is 1820 g/mol. The lowest BCUT2D eigenvalue weighted by Crippen LogP contribution is -2.54. The van der Waals surface area contributed by atoms with E-state index in [-0.39, 0.29) is 118 Å². The number of nitrogens with zero attached hydrogens (tertiary/aromatic N) is 8. The minimum Gasteiger partial charge on any atom is -0.460 e. The first kappa shape index (κ1) is 121. The highest BCUT2D eigenvalue weighted by Gasteiger charge is 2.60. The van der Waals surface area contributed by atoms with Crippen LogP contribution in [0.25, 0.3) is 0 Å². The molecule has 130 heavy (non-hydrogen) atoms. The van der Waals surface area contributed by atoms with Gasteiger partial charge in [0, 0.05) is 65.0 Å². The van der Waals surface area contributed by atoms with Gasteiger partial charge in [-0.2, -0.15) is 25.5 Å². The van der Waals surface area contributed by atoms with Crippen LogP contribution in [0.2, 0.25) is 0 Å². The molecule has 0 amide bonds. The van der Waals surface area contributed by atoms with Crippen LogP contribution in [0.3, 0.4) is 0 Å². The molecule has 0 aromatic heterocycles. The van der Waals surface area contributed by atoms with Gasteiger partial charge < -0.3 is 36.4 Å². The molecule has 9 rings (SSSR count). The van der Waals surface area contributed by atoms with Gasteiger partial charge in [0.15, 0.2) is 0 Å². The average Bonchev–Trinajstić information content (AvgIpc) is 1.24. The van der Waals surface area contributed by atoms with Crippen LogP contribution >= 0.6 is 0 Å². The molecule has 0 bridgehead atoms. The lowest BCUT2D eigenvalue weighted by Gasteiger charge is -2.55. The Kier molecular flexibility index (Phi) is 39.5. The lowest BCUT2D eigenvalue weighted by atomic mass is 9.49. The first-order chi connectivity index (χ1) is 57.3. The zero-order valence-electron chi connectivity index (χ0n) is 92.7. The molecule has 4 saturated heterocycles. The van der Waals surface area contributed by atoms with Crippen LogP contribution in [-0.4, -0.2) is 169 Å². The fraction of sp³-hybridized carbons (Fsp3) is 0.802. The summed E-state index contributed by atoms with van der Waals surface area (Å²) < 4.78 is 8.31. The highest BCUT2D eigenvalue weighted by molar-refractivity contribution is 5.76. The van der Waals surface area contributed by atoms with Crippen LogP contribution in [0.15, 0.2) is 78.9 Å². The summed E-state index contributed by atoms with van der Waals surface area (Å²) in [6.45, 7) is 104. The molecule has 6 fully saturated rings. The van der Waals surface area contributed by atoms with Crippen molar-refractivity contribution in [1.82, 2.24) is 20.3 Å². The van der Waals surface area contributed by atoms with Crippen molar-refractivity contribution in [2.45, 2.75) is 507 Å². The number of carbonyl (C=O) groups excluding carboxylic acids is 1. The summed E-state index contributed by atoms with van der Waals surface area (Å²) in [6.07, 6.45) is 13.9. The first-order valence-corrected chi connectivity index (χ1v) is 48.7. The Hall–Kier alpha value is -5.08. The highest BCUT2D eigenvalue weighted by atomic mass is 16.6. The summed E-state index contributed by atoms with van der Waals surface area (Å²) in [5.41, 5.74) is 9.98. The maximum absolute atomic E-state index is 12.1. The number of nitrogens with two attached hydrogens (primary N) is 1. The van der Waals surface area contributed by atoms with Crippen molar-refractivity contribution in [2.75, 3.05) is 5.06 Å². The number of anilines is 1. The van der Waals surface area contributed by atoms with E-state index in [1.54, 1.807) is 0 Å². The number of hydrogen-bond donors (Lipinski definition) is 9. The molecule has 4 aliphatic heterocycles. The van der Waals surface area contributed by atoms with Crippen molar-refractivity contribution < 1.29 is 60.6 Å². The predicted molar refractivity (Wildman–Crippen MR) is 542 cm³/mol. The van der Waals surface area contributed by atoms with E-state index in [0.29, 0.717) is 24.2 Å². The zero-order valence-corrected chi connectivity index (χ0v) is 92.7. The summed E-state index contributed by atoms with van der Waals surface area (Å²) in [5.74, 6) is -0.0237. The maximum Gasteiger partial charge on any atom is 0.311 e. The Morgan fingerprint density at radius 3 is 1.08 bits per heavy atom. The van der Waals surface area contributed by atoms with Crippen molar-refractivity contribution in [2.24, 2.45) is 72.2 Å². The van der Waals surface area contributed by atoms with E-state index in [4.69, 9.17) is 10.5 Å². The Morgan fingerprint density at radius 2 is 0.792 bits per heavy atom. The second kappa shape index (κ2) is 42.5. The molecule has 2 aliphatic carbocycles. The summed E-state index contributed by atoms with van der Waals surface area (Å²) >= 11 is 0. The van der Waals surface area contributed by atoms with Crippen molar-refractivity contribution in [3.63, 3.8) is 0 Å². The summed E-state index contributed by atoms with van der Waals surface area (Å²) in [5, 5.41) is 98.7. The predicted octanol–water partition coefficient (Wildman–Crippen LogP) is 27.4. The molecular formula is C111H203N9O10+2. The van der Waals surface area contributed by atoms with Gasteiger partial charge in [0.2, 0.25) is 24.5 Å². The summed E-state index contributed by atoms with van der Waals surface area (Å²) in [6, 6.07) is 29.3. The van der Waals surface area contributed by atoms with Crippen LogP contribution in [-0.2, 0) is 20.4 Å². The number of esters is 1. The van der Waals surface area contributed by atoms with E-state index in [0.717, 1.165) is 74.6 Å². The quantitative estimate of drug-likeness (QED) is 0.0317. The van der Waals surface area contributed by atoms with Gasteiger partial charge in [-0.25, -0.2) is 0 Å². The fourth-order valence-corrected chi connectivity index (χ4v) is 23.1. The Labute approximate surface area is 797 Å². The van der Waals surface area contributed by atoms with E-state index >= 15 is 0 Å². The Morgan fingerprint density at radius 1 is 0.469 bits per heavy atom. The molecule has 0 spiro atoms. The molecule has 3 aromatic rings. The molecule has 2 saturated carbocycles. The number of hydrogen-bond acceptors (Lipinski definition) is 17. The zero-order chi connectivity index (χ0) is 103. The highest BCUT2D eigenvalue weighted by Crippen LogP contribution is 2.59. The Bertz CT molecular complexity index is 4020. The first-order valence-electron chi connectivity index (χ1n) is 48.7. The van der Waals surface area contributed by atoms with Gasteiger partial charge in [0.05, 0.1) is 57.4 Å². The van der Waals surface area contributed by atoms with Gasteiger partial charge in [0.1, 0.15) is 5.60 Å². The number of carbonyl (C=O) groups is 1. The number of aliphatic hydroxyl groups excluding tert-OH is 1. The van der Waals surface area contributed by atoms with Gasteiger partial charge in [-0.05, 0) is 305 Å². The molecule has 6 aliphatic rings. The third kappa shape index (κ3) is 35.8. The van der Waals surface area contributed by atoms with Crippen LogP contribution in [0.1, 0.15) is 439 Å². The van der Waals surface area contributed by atoms with Crippen molar-refractivity contribution >= 4 is 24.1 Å². The largest absolute Gasteiger partial charge is 0.460 e. The minimum atomic E-state index is -0.591. The number of rotatable bonds is 9. The summed E-state index contributed by atoms with van der Waals surface area (Å²) in [7, 11) is 0. The number of nitriles is 1. The van der Waals surface area contributed by atoms with Crippen LogP contribution in [0.5, 0.6) is 0 Å². The third-order valence-electron chi connectivity index (χ3n) is 26.7. The van der Waals surface area contributed by atoms with Crippen molar-refractivity contribution in [3.05, 3.63) is 101 Å². The van der Waals surface area contributed by atoms with Crippen LogP contribution < -0.4 is 10.8 Å². The molecule has 3 aromatic carbocycles. The number of ether oxygens (including phenoxy) is 1. The van der Waals surface area contributed by atoms with Gasteiger partial charge in [-0.3, -0.25) is 25.5 Å². The van der Waals surface area contributed by atoms with Gasteiger partial charge in [-0.1, -0.05) is 250 Å². The Balaban J connectivity index is 0.000000511. The topological polar surface area (TPSA) is 260 Å². The number of aliphatic hydroxyl groups is 1. The maximum atomic E-state index is 12.1. The number of benzene rings is 3. The second-order valence-electron chi connectivity index (χ2n) is 57.1.